The smallest absolute Gasteiger partial charge is 0.358 e. The highest BCUT2D eigenvalue weighted by Crippen LogP contribution is 2.27. The Bertz CT molecular complexity index is 636. The molecule has 2 aromatic rings. The average Bonchev–Trinajstić information content (AvgIpc) is 2.90. The fraction of sp³-hybridized carbons (Fsp3) is 0.286. The largest absolute Gasteiger partial charge is 0.464 e. The van der Waals surface area contributed by atoms with Gasteiger partial charge in [0.05, 0.1) is 32.3 Å². The van der Waals surface area contributed by atoms with E-state index in [1.807, 2.05) is 4.57 Å². The van der Waals surface area contributed by atoms with E-state index in [4.69, 9.17) is 4.74 Å². The third-order valence-electron chi connectivity index (χ3n) is 3.35. The molecule has 0 fully saturated rings. The van der Waals surface area contributed by atoms with Gasteiger partial charge in [0, 0.05) is 0 Å². The number of hydrogen-bond donors (Lipinski definition) is 0. The number of hydrogen-bond acceptors (Lipinski definition) is 4. The van der Waals surface area contributed by atoms with Crippen LogP contribution in [0.4, 0.5) is 4.39 Å². The zero-order valence-electron chi connectivity index (χ0n) is 10.9. The molecule has 1 aliphatic heterocycles. The quantitative estimate of drug-likeness (QED) is 0.788. The molecule has 20 heavy (non-hydrogen) atoms. The Labute approximate surface area is 115 Å². The molecule has 1 atom stereocenters. The number of benzene rings is 1. The van der Waals surface area contributed by atoms with Crippen LogP contribution in [-0.4, -0.2) is 22.6 Å². The van der Waals surface area contributed by atoms with Gasteiger partial charge >= 0.3 is 5.97 Å². The molecule has 2 heterocycles. The molecule has 0 radical (unpaired) electrons. The predicted molar refractivity (Wildman–Crippen MR) is 67.5 cm³/mol. The van der Waals surface area contributed by atoms with E-state index in [9.17, 15) is 9.18 Å². The van der Waals surface area contributed by atoms with Crippen LogP contribution < -0.4 is 0 Å². The van der Waals surface area contributed by atoms with Gasteiger partial charge in [0.25, 0.3) is 0 Å². The first-order valence-corrected chi connectivity index (χ1v) is 6.18. The highest BCUT2D eigenvalue weighted by atomic mass is 19.1. The molecule has 3 rings (SSSR count). The maximum absolute atomic E-state index is 12.9. The summed E-state index contributed by atoms with van der Waals surface area (Å²) >= 11 is 0. The first-order valence-electron chi connectivity index (χ1n) is 6.18. The van der Waals surface area contributed by atoms with Crippen LogP contribution in [0.3, 0.4) is 0 Å². The van der Waals surface area contributed by atoms with Crippen molar-refractivity contribution in [2.24, 2.45) is 0 Å². The molecule has 0 unspecified atom stereocenters. The lowest BCUT2D eigenvalue weighted by Crippen LogP contribution is -2.22. The summed E-state index contributed by atoms with van der Waals surface area (Å²) in [6.45, 7) is 0.803. The Hall–Kier alpha value is -2.21. The Morgan fingerprint density at radius 3 is 2.90 bits per heavy atom. The fourth-order valence-corrected chi connectivity index (χ4v) is 2.27. The van der Waals surface area contributed by atoms with Crippen molar-refractivity contribution in [2.45, 2.75) is 19.3 Å². The lowest BCUT2D eigenvalue weighted by molar-refractivity contribution is 0.00199. The van der Waals surface area contributed by atoms with Crippen molar-refractivity contribution in [3.63, 3.8) is 0 Å². The molecule has 1 aromatic carbocycles. The highest BCUT2D eigenvalue weighted by Gasteiger charge is 2.26. The van der Waals surface area contributed by atoms with E-state index in [-0.39, 0.29) is 24.2 Å². The number of methoxy groups -OCH3 is 1. The van der Waals surface area contributed by atoms with E-state index in [1.54, 1.807) is 18.5 Å². The van der Waals surface area contributed by atoms with Crippen molar-refractivity contribution in [3.8, 4) is 0 Å². The number of imidazole rings is 1. The first kappa shape index (κ1) is 12.8. The second kappa shape index (κ2) is 5.05. The molecule has 0 amide bonds. The van der Waals surface area contributed by atoms with Gasteiger partial charge in [-0.1, -0.05) is 12.1 Å². The normalized spacial score (nSPS) is 17.6. The molecule has 0 aliphatic carbocycles. The Balaban J connectivity index is 1.84. The number of esters is 1. The highest BCUT2D eigenvalue weighted by molar-refractivity contribution is 5.88. The second-order valence-corrected chi connectivity index (χ2v) is 4.54. The van der Waals surface area contributed by atoms with Gasteiger partial charge in [-0.25, -0.2) is 14.2 Å². The van der Waals surface area contributed by atoms with Gasteiger partial charge in [0.2, 0.25) is 0 Å². The van der Waals surface area contributed by atoms with Gasteiger partial charge in [-0.2, -0.15) is 0 Å². The van der Waals surface area contributed by atoms with Gasteiger partial charge in [-0.3, -0.25) is 0 Å². The van der Waals surface area contributed by atoms with Gasteiger partial charge < -0.3 is 14.0 Å². The van der Waals surface area contributed by atoms with Crippen molar-refractivity contribution in [3.05, 3.63) is 53.4 Å². The molecule has 6 heteroatoms. The van der Waals surface area contributed by atoms with Crippen molar-refractivity contribution in [2.75, 3.05) is 7.11 Å². The summed E-state index contributed by atoms with van der Waals surface area (Å²) in [4.78, 5) is 15.6. The zero-order chi connectivity index (χ0) is 14.1. The Kier molecular flexibility index (Phi) is 3.23. The van der Waals surface area contributed by atoms with E-state index in [0.29, 0.717) is 12.2 Å². The van der Waals surface area contributed by atoms with Crippen LogP contribution >= 0.6 is 0 Å². The van der Waals surface area contributed by atoms with Crippen LogP contribution in [0, 0.1) is 5.82 Å². The zero-order valence-corrected chi connectivity index (χ0v) is 10.9. The van der Waals surface area contributed by atoms with Crippen LogP contribution in [0.5, 0.6) is 0 Å². The minimum Gasteiger partial charge on any atom is -0.464 e. The monoisotopic (exact) mass is 276 g/mol. The standard InChI is InChI=1S/C14H13FN2O3/c1-19-14(18)13-11-7-20-12(6-17(11)8-16-13)9-2-4-10(15)5-3-9/h2-5,8,12H,6-7H2,1H3/t12-/m0/s1. The molecular formula is C14H13FN2O3. The average molecular weight is 276 g/mol. The molecule has 0 spiro atoms. The molecule has 104 valence electrons. The van der Waals surface area contributed by atoms with E-state index in [0.717, 1.165) is 5.56 Å². The maximum Gasteiger partial charge on any atom is 0.358 e. The SMILES string of the molecule is COC(=O)c1ncn2c1CO[C@H](c1ccc(F)cc1)C2. The predicted octanol–water partition coefficient (Wildman–Crippen LogP) is 2.08. The molecule has 5 nitrogen and oxygen atoms in total. The number of rotatable bonds is 2. The third kappa shape index (κ3) is 2.18. The molecule has 0 saturated heterocycles. The number of aromatic nitrogens is 2. The first-order chi connectivity index (χ1) is 9.69. The number of halogens is 1. The van der Waals surface area contributed by atoms with E-state index in [2.05, 4.69) is 9.72 Å². The van der Waals surface area contributed by atoms with Crippen molar-refractivity contribution < 1.29 is 18.7 Å². The lowest BCUT2D eigenvalue weighted by Gasteiger charge is -2.25. The topological polar surface area (TPSA) is 53.3 Å². The molecular weight excluding hydrogens is 263 g/mol. The lowest BCUT2D eigenvalue weighted by atomic mass is 10.1. The summed E-state index contributed by atoms with van der Waals surface area (Å²) in [5.41, 5.74) is 1.88. The van der Waals surface area contributed by atoms with Gasteiger partial charge in [-0.05, 0) is 17.7 Å². The van der Waals surface area contributed by atoms with Gasteiger partial charge in [0.15, 0.2) is 5.69 Å². The molecule has 1 aromatic heterocycles. The minimum absolute atomic E-state index is 0.178. The van der Waals surface area contributed by atoms with E-state index >= 15 is 0 Å². The van der Waals surface area contributed by atoms with Crippen LogP contribution in [-0.2, 0) is 22.6 Å². The van der Waals surface area contributed by atoms with Crippen molar-refractivity contribution in [1.29, 1.82) is 0 Å². The van der Waals surface area contributed by atoms with Gasteiger partial charge in [-0.15, -0.1) is 0 Å². The molecule has 1 aliphatic rings. The van der Waals surface area contributed by atoms with Crippen LogP contribution in [0.1, 0.15) is 27.8 Å². The summed E-state index contributed by atoms with van der Waals surface area (Å²) in [6, 6.07) is 6.20. The van der Waals surface area contributed by atoms with E-state index in [1.165, 1.54) is 19.2 Å². The number of ether oxygens (including phenoxy) is 2. The Morgan fingerprint density at radius 1 is 1.45 bits per heavy atom. The summed E-state index contributed by atoms with van der Waals surface area (Å²) in [5, 5.41) is 0. The number of nitrogens with zero attached hydrogens (tertiary/aromatic N) is 2. The maximum atomic E-state index is 12.9. The van der Waals surface area contributed by atoms with Gasteiger partial charge in [0.1, 0.15) is 11.9 Å². The summed E-state index contributed by atoms with van der Waals surface area (Å²) in [5.74, 6) is -0.747. The molecule has 0 saturated carbocycles. The summed E-state index contributed by atoms with van der Waals surface area (Å²) in [6.07, 6.45) is 1.42. The van der Waals surface area contributed by atoms with Crippen molar-refractivity contribution in [1.82, 2.24) is 9.55 Å². The number of fused-ring (bicyclic) bond motifs is 1. The number of carbonyl (C=O) groups is 1. The Morgan fingerprint density at radius 2 is 2.20 bits per heavy atom. The molecule has 0 bridgehead atoms. The second-order valence-electron chi connectivity index (χ2n) is 4.54. The molecule has 0 N–H and O–H groups in total. The van der Waals surface area contributed by atoms with Crippen molar-refractivity contribution >= 4 is 5.97 Å². The van der Waals surface area contributed by atoms with Crippen LogP contribution in [0.15, 0.2) is 30.6 Å². The summed E-state index contributed by atoms with van der Waals surface area (Å²) < 4.78 is 25.2. The van der Waals surface area contributed by atoms with Crippen LogP contribution in [0.2, 0.25) is 0 Å². The third-order valence-corrected chi connectivity index (χ3v) is 3.35. The van der Waals surface area contributed by atoms with Crippen LogP contribution in [0.25, 0.3) is 0 Å². The minimum atomic E-state index is -0.470. The fourth-order valence-electron chi connectivity index (χ4n) is 2.27. The summed E-state index contributed by atoms with van der Waals surface area (Å²) in [7, 11) is 1.32. The van der Waals surface area contributed by atoms with E-state index < -0.39 is 5.97 Å². The number of carbonyl (C=O) groups excluding carboxylic acids is 1.